The lowest BCUT2D eigenvalue weighted by Crippen LogP contribution is -2.01. The van der Waals surface area contributed by atoms with Crippen molar-refractivity contribution in [2.75, 3.05) is 0 Å². The van der Waals surface area contributed by atoms with Crippen LogP contribution in [0, 0.1) is 12.7 Å². The predicted octanol–water partition coefficient (Wildman–Crippen LogP) is 5.67. The Bertz CT molecular complexity index is 832. The van der Waals surface area contributed by atoms with Crippen LogP contribution >= 0.6 is 0 Å². The molecule has 0 aliphatic carbocycles. The van der Waals surface area contributed by atoms with Gasteiger partial charge in [0.1, 0.15) is 11.6 Å². The molecule has 122 valence electrons. The van der Waals surface area contributed by atoms with Crippen LogP contribution in [0.2, 0.25) is 0 Å². The van der Waals surface area contributed by atoms with E-state index >= 15 is 0 Å². The highest BCUT2D eigenvalue weighted by molar-refractivity contribution is 5.60. The highest BCUT2D eigenvalue weighted by Crippen LogP contribution is 2.31. The molecule has 0 saturated carbocycles. The van der Waals surface area contributed by atoms with Gasteiger partial charge in [-0.25, -0.2) is 9.37 Å². The first-order valence-corrected chi connectivity index (χ1v) is 8.13. The molecule has 0 amide bonds. The van der Waals surface area contributed by atoms with Crippen LogP contribution in [-0.2, 0) is 0 Å². The molecule has 0 aliphatic heterocycles. The fourth-order valence-electron chi connectivity index (χ4n) is 3.03. The van der Waals surface area contributed by atoms with Crippen LogP contribution < -0.4 is 0 Å². The molecule has 3 heteroatoms. The zero-order valence-corrected chi connectivity index (χ0v) is 14.0. The van der Waals surface area contributed by atoms with Crippen molar-refractivity contribution in [2.45, 2.75) is 26.2 Å². The molecule has 1 unspecified atom stereocenters. The molecule has 0 bridgehead atoms. The average Bonchev–Trinajstić information content (AvgIpc) is 2.94. The van der Waals surface area contributed by atoms with E-state index in [4.69, 9.17) is 4.98 Å². The number of rotatable bonds is 5. The van der Waals surface area contributed by atoms with Crippen LogP contribution in [0.25, 0.3) is 17.1 Å². The standard InChI is InChI=1S/C21H21FN2/c1-4-8-15(2)20-16(3)24(19-13-11-18(22)12-14-19)21(23-20)17-9-6-5-7-10-17/h4-7,9-15H,1,8H2,2-3H3. The van der Waals surface area contributed by atoms with Crippen molar-refractivity contribution in [1.29, 1.82) is 0 Å². The van der Waals surface area contributed by atoms with Gasteiger partial charge in [-0.3, -0.25) is 4.57 Å². The minimum atomic E-state index is -0.238. The van der Waals surface area contributed by atoms with Crippen LogP contribution in [0.3, 0.4) is 0 Å². The summed E-state index contributed by atoms with van der Waals surface area (Å²) < 4.78 is 15.4. The maximum Gasteiger partial charge on any atom is 0.145 e. The summed E-state index contributed by atoms with van der Waals surface area (Å²) in [5.41, 5.74) is 4.09. The van der Waals surface area contributed by atoms with Crippen LogP contribution in [-0.4, -0.2) is 9.55 Å². The second-order valence-electron chi connectivity index (χ2n) is 6.01. The quantitative estimate of drug-likeness (QED) is 0.554. The van der Waals surface area contributed by atoms with Crippen molar-refractivity contribution < 1.29 is 4.39 Å². The van der Waals surface area contributed by atoms with Gasteiger partial charge >= 0.3 is 0 Å². The van der Waals surface area contributed by atoms with Gasteiger partial charge in [-0.15, -0.1) is 6.58 Å². The van der Waals surface area contributed by atoms with E-state index in [1.807, 2.05) is 36.4 Å². The maximum absolute atomic E-state index is 13.3. The Morgan fingerprint density at radius 1 is 1.12 bits per heavy atom. The van der Waals surface area contributed by atoms with Gasteiger partial charge < -0.3 is 0 Å². The molecule has 1 atom stereocenters. The van der Waals surface area contributed by atoms with Gasteiger partial charge in [0, 0.05) is 22.9 Å². The van der Waals surface area contributed by atoms with E-state index in [2.05, 4.69) is 25.0 Å². The Balaban J connectivity index is 2.21. The van der Waals surface area contributed by atoms with Crippen LogP contribution in [0.15, 0.2) is 67.3 Å². The van der Waals surface area contributed by atoms with Gasteiger partial charge in [0.05, 0.1) is 5.69 Å². The Hall–Kier alpha value is -2.68. The Morgan fingerprint density at radius 3 is 2.42 bits per heavy atom. The van der Waals surface area contributed by atoms with Crippen LogP contribution in [0.5, 0.6) is 0 Å². The zero-order valence-electron chi connectivity index (χ0n) is 14.0. The summed E-state index contributed by atoms with van der Waals surface area (Å²) in [6.07, 6.45) is 2.79. The van der Waals surface area contributed by atoms with E-state index < -0.39 is 0 Å². The molecule has 0 saturated heterocycles. The molecule has 0 N–H and O–H groups in total. The summed E-state index contributed by atoms with van der Waals surface area (Å²) in [6, 6.07) is 16.6. The number of hydrogen-bond donors (Lipinski definition) is 0. The molecular weight excluding hydrogens is 299 g/mol. The number of halogens is 1. The number of hydrogen-bond acceptors (Lipinski definition) is 1. The van der Waals surface area contributed by atoms with Crippen molar-refractivity contribution in [2.24, 2.45) is 0 Å². The molecule has 0 fully saturated rings. The minimum Gasteiger partial charge on any atom is -0.297 e. The highest BCUT2D eigenvalue weighted by atomic mass is 19.1. The number of aromatic nitrogens is 2. The summed E-state index contributed by atoms with van der Waals surface area (Å²) in [7, 11) is 0. The van der Waals surface area contributed by atoms with E-state index in [9.17, 15) is 4.39 Å². The first-order chi connectivity index (χ1) is 11.6. The van der Waals surface area contributed by atoms with Gasteiger partial charge in [0.25, 0.3) is 0 Å². The summed E-state index contributed by atoms with van der Waals surface area (Å²) in [6.45, 7) is 8.06. The number of nitrogens with zero attached hydrogens (tertiary/aromatic N) is 2. The smallest absolute Gasteiger partial charge is 0.145 e. The lowest BCUT2D eigenvalue weighted by molar-refractivity contribution is 0.627. The number of benzene rings is 2. The Labute approximate surface area is 142 Å². The van der Waals surface area contributed by atoms with Crippen molar-refractivity contribution >= 4 is 0 Å². The van der Waals surface area contributed by atoms with E-state index in [1.54, 1.807) is 12.1 Å². The first kappa shape index (κ1) is 16.2. The average molecular weight is 320 g/mol. The topological polar surface area (TPSA) is 17.8 Å². The molecule has 1 heterocycles. The molecule has 2 aromatic carbocycles. The third-order valence-corrected chi connectivity index (χ3v) is 4.25. The Morgan fingerprint density at radius 2 is 1.79 bits per heavy atom. The monoisotopic (exact) mass is 320 g/mol. The van der Waals surface area contributed by atoms with E-state index in [0.717, 1.165) is 34.9 Å². The van der Waals surface area contributed by atoms with E-state index in [1.165, 1.54) is 12.1 Å². The molecular formula is C21H21FN2. The summed E-state index contributed by atoms with van der Waals surface area (Å²) in [4.78, 5) is 4.92. The number of allylic oxidation sites excluding steroid dienone is 1. The van der Waals surface area contributed by atoms with Gasteiger partial charge in [0.15, 0.2) is 0 Å². The number of imidazole rings is 1. The SMILES string of the molecule is C=CCC(C)c1nc(-c2ccccc2)n(-c2ccc(F)cc2)c1C. The first-order valence-electron chi connectivity index (χ1n) is 8.13. The maximum atomic E-state index is 13.3. The third kappa shape index (κ3) is 3.02. The molecule has 0 aliphatic rings. The van der Waals surface area contributed by atoms with Gasteiger partial charge in [-0.05, 0) is 37.6 Å². The van der Waals surface area contributed by atoms with Crippen molar-refractivity contribution in [3.8, 4) is 17.1 Å². The summed E-state index contributed by atoms with van der Waals surface area (Å²) >= 11 is 0. The lowest BCUT2D eigenvalue weighted by atomic mass is 10.0. The van der Waals surface area contributed by atoms with E-state index in [0.29, 0.717) is 0 Å². The highest BCUT2D eigenvalue weighted by Gasteiger charge is 2.20. The van der Waals surface area contributed by atoms with Gasteiger partial charge in [0.2, 0.25) is 0 Å². The molecule has 3 aromatic rings. The van der Waals surface area contributed by atoms with Gasteiger partial charge in [-0.2, -0.15) is 0 Å². The molecule has 0 radical (unpaired) electrons. The second kappa shape index (κ2) is 6.83. The van der Waals surface area contributed by atoms with E-state index in [-0.39, 0.29) is 11.7 Å². The molecule has 2 nitrogen and oxygen atoms in total. The molecule has 1 aromatic heterocycles. The van der Waals surface area contributed by atoms with Crippen LogP contribution in [0.1, 0.15) is 30.7 Å². The second-order valence-corrected chi connectivity index (χ2v) is 6.01. The van der Waals surface area contributed by atoms with Crippen molar-refractivity contribution in [3.05, 3.63) is 84.5 Å². The normalized spacial score (nSPS) is 12.1. The summed E-state index contributed by atoms with van der Waals surface area (Å²) in [5, 5.41) is 0. The fourth-order valence-corrected chi connectivity index (χ4v) is 3.03. The molecule has 3 rings (SSSR count). The zero-order chi connectivity index (χ0) is 17.1. The van der Waals surface area contributed by atoms with Gasteiger partial charge in [-0.1, -0.05) is 43.3 Å². The van der Waals surface area contributed by atoms with Crippen molar-refractivity contribution in [3.63, 3.8) is 0 Å². The fraction of sp³-hybridized carbons (Fsp3) is 0.190. The molecule has 24 heavy (non-hydrogen) atoms. The lowest BCUT2D eigenvalue weighted by Gasteiger charge is -2.11. The Kier molecular flexibility index (Phi) is 4.61. The predicted molar refractivity (Wildman–Crippen MR) is 96.9 cm³/mol. The summed E-state index contributed by atoms with van der Waals surface area (Å²) in [5.74, 6) is 0.926. The minimum absolute atomic E-state index is 0.238. The molecule has 0 spiro atoms. The van der Waals surface area contributed by atoms with Crippen molar-refractivity contribution in [1.82, 2.24) is 9.55 Å². The third-order valence-electron chi connectivity index (χ3n) is 4.25. The largest absolute Gasteiger partial charge is 0.297 e. The van der Waals surface area contributed by atoms with Crippen LogP contribution in [0.4, 0.5) is 4.39 Å².